The molecule has 1 spiro atoms. The van der Waals surface area contributed by atoms with Crippen molar-refractivity contribution in [2.75, 3.05) is 0 Å². The Morgan fingerprint density at radius 1 is 1.20 bits per heavy atom. The lowest BCUT2D eigenvalue weighted by Crippen LogP contribution is -2.10. The highest BCUT2D eigenvalue weighted by Crippen LogP contribution is 2.66. The predicted molar refractivity (Wildman–Crippen MR) is 43.8 cm³/mol. The topological polar surface area (TPSA) is 0 Å². The zero-order valence-electron chi connectivity index (χ0n) is 7.35. The average molecular weight is 138 g/mol. The van der Waals surface area contributed by atoms with Crippen molar-refractivity contribution >= 4 is 0 Å². The summed E-state index contributed by atoms with van der Waals surface area (Å²) in [5, 5.41) is 0. The zero-order chi connectivity index (χ0) is 7.35. The van der Waals surface area contributed by atoms with E-state index in [4.69, 9.17) is 0 Å². The summed E-state index contributed by atoms with van der Waals surface area (Å²) in [6.07, 6.45) is 4.54. The van der Waals surface area contributed by atoms with Crippen LogP contribution >= 0.6 is 0 Å². The van der Waals surface area contributed by atoms with Crippen LogP contribution in [0.5, 0.6) is 0 Å². The van der Waals surface area contributed by atoms with Gasteiger partial charge in [-0.15, -0.1) is 0 Å². The molecule has 0 saturated heterocycles. The van der Waals surface area contributed by atoms with Gasteiger partial charge in [0.05, 0.1) is 0 Å². The van der Waals surface area contributed by atoms with E-state index >= 15 is 0 Å². The van der Waals surface area contributed by atoms with Gasteiger partial charge >= 0.3 is 0 Å². The minimum Gasteiger partial charge on any atom is -0.0622 e. The van der Waals surface area contributed by atoms with E-state index in [0.717, 1.165) is 23.2 Å². The molecule has 0 aromatic rings. The summed E-state index contributed by atoms with van der Waals surface area (Å²) in [5.41, 5.74) is 0.833. The van der Waals surface area contributed by atoms with Gasteiger partial charge in [-0.1, -0.05) is 20.8 Å². The molecule has 0 amide bonds. The first-order valence-electron chi connectivity index (χ1n) is 4.67. The molecular weight excluding hydrogens is 120 g/mol. The predicted octanol–water partition coefficient (Wildman–Crippen LogP) is 3.08. The average Bonchev–Trinajstić information content (AvgIpc) is 2.48. The van der Waals surface area contributed by atoms with Crippen LogP contribution in [0.3, 0.4) is 0 Å². The van der Waals surface area contributed by atoms with E-state index in [1.165, 1.54) is 19.3 Å². The van der Waals surface area contributed by atoms with Crippen LogP contribution in [0.2, 0.25) is 0 Å². The molecule has 58 valence electrons. The lowest BCUT2D eigenvalue weighted by molar-refractivity contribution is 0.316. The fourth-order valence-corrected chi connectivity index (χ4v) is 3.03. The van der Waals surface area contributed by atoms with E-state index in [2.05, 4.69) is 20.8 Å². The monoisotopic (exact) mass is 138 g/mol. The highest BCUT2D eigenvalue weighted by molar-refractivity contribution is 5.07. The quantitative estimate of drug-likeness (QED) is 0.482. The van der Waals surface area contributed by atoms with Gasteiger partial charge < -0.3 is 0 Å². The molecule has 2 fully saturated rings. The first-order valence-corrected chi connectivity index (χ1v) is 4.67. The van der Waals surface area contributed by atoms with E-state index in [-0.39, 0.29) is 0 Å². The second kappa shape index (κ2) is 1.78. The molecule has 2 aliphatic carbocycles. The molecule has 0 heteroatoms. The summed E-state index contributed by atoms with van der Waals surface area (Å²) < 4.78 is 0. The summed E-state index contributed by atoms with van der Waals surface area (Å²) in [5.74, 6) is 3.07. The largest absolute Gasteiger partial charge is 0.0622 e. The van der Waals surface area contributed by atoms with Crippen molar-refractivity contribution < 1.29 is 0 Å². The van der Waals surface area contributed by atoms with Gasteiger partial charge in [-0.2, -0.15) is 0 Å². The fraction of sp³-hybridized carbons (Fsp3) is 1.00. The standard InChI is InChI=1S/C10H18/c1-7-4-5-10(9(7)3)6-8(10)2/h7-9H,4-6H2,1-3H3/t7-,8+,9-,10?/m1/s1. The summed E-state index contributed by atoms with van der Waals surface area (Å²) in [7, 11) is 0. The maximum absolute atomic E-state index is 2.46. The van der Waals surface area contributed by atoms with Crippen LogP contribution in [0, 0.1) is 23.2 Å². The Kier molecular flexibility index (Phi) is 1.19. The van der Waals surface area contributed by atoms with Crippen molar-refractivity contribution in [1.29, 1.82) is 0 Å². The van der Waals surface area contributed by atoms with Gasteiger partial charge in [0, 0.05) is 0 Å². The molecule has 2 saturated carbocycles. The normalized spacial score (nSPS) is 59.7. The Morgan fingerprint density at radius 3 is 2.00 bits per heavy atom. The molecule has 2 aliphatic rings. The van der Waals surface area contributed by atoms with Crippen LogP contribution in [-0.2, 0) is 0 Å². The molecule has 0 radical (unpaired) electrons. The second-order valence-corrected chi connectivity index (χ2v) is 4.64. The molecular formula is C10H18. The minimum atomic E-state index is 0.833. The Balaban J connectivity index is 2.13. The molecule has 0 aliphatic heterocycles. The third-order valence-corrected chi connectivity index (χ3v) is 4.33. The molecule has 4 atom stereocenters. The smallest absolute Gasteiger partial charge is 0.0241 e. The van der Waals surface area contributed by atoms with Crippen LogP contribution in [-0.4, -0.2) is 0 Å². The Morgan fingerprint density at radius 2 is 1.80 bits per heavy atom. The zero-order valence-corrected chi connectivity index (χ0v) is 7.35. The summed E-state index contributed by atoms with van der Waals surface area (Å²) >= 11 is 0. The van der Waals surface area contributed by atoms with Crippen molar-refractivity contribution in [3.8, 4) is 0 Å². The maximum Gasteiger partial charge on any atom is -0.0241 e. The summed E-state index contributed by atoms with van der Waals surface area (Å²) in [4.78, 5) is 0. The van der Waals surface area contributed by atoms with Crippen molar-refractivity contribution in [3.63, 3.8) is 0 Å². The lowest BCUT2D eigenvalue weighted by atomic mass is 9.88. The molecule has 0 aromatic heterocycles. The van der Waals surface area contributed by atoms with E-state index in [1.54, 1.807) is 0 Å². The van der Waals surface area contributed by atoms with Crippen LogP contribution in [0.25, 0.3) is 0 Å². The van der Waals surface area contributed by atoms with Crippen molar-refractivity contribution in [3.05, 3.63) is 0 Å². The number of hydrogen-bond donors (Lipinski definition) is 0. The fourth-order valence-electron chi connectivity index (χ4n) is 3.03. The Labute approximate surface area is 64.0 Å². The van der Waals surface area contributed by atoms with Crippen LogP contribution < -0.4 is 0 Å². The summed E-state index contributed by atoms with van der Waals surface area (Å²) in [6.45, 7) is 7.31. The number of hydrogen-bond acceptors (Lipinski definition) is 0. The third kappa shape index (κ3) is 0.627. The first-order chi connectivity index (χ1) is 4.67. The molecule has 1 unspecified atom stereocenters. The molecule has 0 heterocycles. The van der Waals surface area contributed by atoms with E-state index in [9.17, 15) is 0 Å². The van der Waals surface area contributed by atoms with Crippen molar-refractivity contribution in [2.45, 2.75) is 40.0 Å². The molecule has 10 heavy (non-hydrogen) atoms. The first kappa shape index (κ1) is 6.69. The van der Waals surface area contributed by atoms with Gasteiger partial charge in [0.2, 0.25) is 0 Å². The third-order valence-electron chi connectivity index (χ3n) is 4.33. The second-order valence-electron chi connectivity index (χ2n) is 4.64. The molecule has 0 bridgehead atoms. The van der Waals surface area contributed by atoms with Gasteiger partial charge in [-0.05, 0) is 42.4 Å². The number of rotatable bonds is 0. The lowest BCUT2D eigenvalue weighted by Gasteiger charge is -2.17. The highest BCUT2D eigenvalue weighted by Gasteiger charge is 2.58. The van der Waals surface area contributed by atoms with Crippen LogP contribution in [0.1, 0.15) is 40.0 Å². The minimum absolute atomic E-state index is 0.833. The van der Waals surface area contributed by atoms with Gasteiger partial charge in [0.1, 0.15) is 0 Å². The van der Waals surface area contributed by atoms with E-state index < -0.39 is 0 Å². The van der Waals surface area contributed by atoms with Crippen molar-refractivity contribution in [1.82, 2.24) is 0 Å². The van der Waals surface area contributed by atoms with E-state index in [1.807, 2.05) is 0 Å². The molecule has 0 aromatic carbocycles. The SMILES string of the molecule is C[C@@H]1CCC2(C[C@@H]2C)[C@@H]1C. The van der Waals surface area contributed by atoms with Gasteiger partial charge in [0.15, 0.2) is 0 Å². The summed E-state index contributed by atoms with van der Waals surface area (Å²) in [6, 6.07) is 0. The van der Waals surface area contributed by atoms with Crippen molar-refractivity contribution in [2.24, 2.45) is 23.2 Å². The Hall–Kier alpha value is 0. The molecule has 0 N–H and O–H groups in total. The van der Waals surface area contributed by atoms with Crippen LogP contribution in [0.15, 0.2) is 0 Å². The Bertz CT molecular complexity index is 150. The van der Waals surface area contributed by atoms with Crippen LogP contribution in [0.4, 0.5) is 0 Å². The van der Waals surface area contributed by atoms with E-state index in [0.29, 0.717) is 0 Å². The van der Waals surface area contributed by atoms with Gasteiger partial charge in [-0.25, -0.2) is 0 Å². The van der Waals surface area contributed by atoms with Gasteiger partial charge in [0.25, 0.3) is 0 Å². The maximum atomic E-state index is 2.46. The molecule has 2 rings (SSSR count). The molecule has 0 nitrogen and oxygen atoms in total. The van der Waals surface area contributed by atoms with Gasteiger partial charge in [-0.3, -0.25) is 0 Å². The highest BCUT2D eigenvalue weighted by atomic mass is 14.6.